The lowest BCUT2D eigenvalue weighted by molar-refractivity contribution is -0.0426. The van der Waals surface area contributed by atoms with Crippen LogP contribution in [0.3, 0.4) is 0 Å². The van der Waals surface area contributed by atoms with E-state index in [-0.39, 0.29) is 23.5 Å². The first-order valence-corrected chi connectivity index (χ1v) is 7.12. The van der Waals surface area contributed by atoms with Gasteiger partial charge >= 0.3 is 5.97 Å². The second-order valence-electron chi connectivity index (χ2n) is 4.76. The number of ether oxygens (including phenoxy) is 1. The maximum Gasteiger partial charge on any atom is 0.339 e. The fourth-order valence-electron chi connectivity index (χ4n) is 1.99. The fraction of sp³-hybridized carbons (Fsp3) is 0.417. The van der Waals surface area contributed by atoms with E-state index >= 15 is 0 Å². The average molecular weight is 285 g/mol. The Morgan fingerprint density at radius 2 is 1.95 bits per heavy atom. The molecule has 0 atom stereocenters. The quantitative estimate of drug-likeness (QED) is 0.804. The number of rotatable bonds is 3. The van der Waals surface area contributed by atoms with Crippen LogP contribution in [0.1, 0.15) is 17.3 Å². The predicted molar refractivity (Wildman–Crippen MR) is 67.2 cm³/mol. The summed E-state index contributed by atoms with van der Waals surface area (Å²) in [5.41, 5.74) is -1.01. The molecule has 1 heterocycles. The summed E-state index contributed by atoms with van der Waals surface area (Å²) in [6.07, 6.45) is 0. The largest absolute Gasteiger partial charge is 0.465 e. The van der Waals surface area contributed by atoms with Crippen LogP contribution in [-0.2, 0) is 14.8 Å². The number of carbonyl (C=O) groups is 1. The first-order valence-electron chi connectivity index (χ1n) is 5.68. The highest BCUT2D eigenvalue weighted by molar-refractivity contribution is 7.89. The molecule has 19 heavy (non-hydrogen) atoms. The summed E-state index contributed by atoms with van der Waals surface area (Å²) in [4.78, 5) is 11.5. The summed E-state index contributed by atoms with van der Waals surface area (Å²) >= 11 is 0. The molecule has 0 radical (unpaired) electrons. The van der Waals surface area contributed by atoms with Crippen molar-refractivity contribution in [3.63, 3.8) is 0 Å². The molecule has 1 aromatic carbocycles. The van der Waals surface area contributed by atoms with E-state index in [2.05, 4.69) is 4.74 Å². The maximum absolute atomic E-state index is 12.4. The molecule has 1 saturated heterocycles. The number of methoxy groups -OCH3 is 1. The lowest BCUT2D eigenvalue weighted by atomic mass is 10.0. The van der Waals surface area contributed by atoms with Gasteiger partial charge in [0.15, 0.2) is 0 Å². The molecule has 104 valence electrons. The molecular weight excluding hydrogens is 270 g/mol. The van der Waals surface area contributed by atoms with Crippen LogP contribution in [0.2, 0.25) is 0 Å². The Kier molecular flexibility index (Phi) is 3.38. The average Bonchev–Trinajstić information content (AvgIpc) is 2.35. The zero-order valence-electron chi connectivity index (χ0n) is 10.7. The summed E-state index contributed by atoms with van der Waals surface area (Å²) in [7, 11) is -2.59. The molecule has 0 bridgehead atoms. The lowest BCUT2D eigenvalue weighted by Gasteiger charge is -2.42. The Balaban J connectivity index is 2.39. The van der Waals surface area contributed by atoms with Gasteiger partial charge in [-0.25, -0.2) is 13.2 Å². The Bertz CT molecular complexity index is 600. The minimum absolute atomic E-state index is 0.00320. The first kappa shape index (κ1) is 14.0. The number of sulfonamides is 1. The third-order valence-electron chi connectivity index (χ3n) is 2.94. The van der Waals surface area contributed by atoms with Gasteiger partial charge in [-0.3, -0.25) is 0 Å². The van der Waals surface area contributed by atoms with Crippen LogP contribution < -0.4 is 0 Å². The zero-order chi connectivity index (χ0) is 14.3. The van der Waals surface area contributed by atoms with Crippen molar-refractivity contribution < 1.29 is 23.1 Å². The van der Waals surface area contributed by atoms with E-state index in [1.54, 1.807) is 13.0 Å². The van der Waals surface area contributed by atoms with Crippen molar-refractivity contribution in [2.24, 2.45) is 0 Å². The fourth-order valence-corrected chi connectivity index (χ4v) is 3.85. The van der Waals surface area contributed by atoms with E-state index in [4.69, 9.17) is 0 Å². The van der Waals surface area contributed by atoms with E-state index in [0.29, 0.717) is 0 Å². The molecule has 2 rings (SSSR count). The zero-order valence-corrected chi connectivity index (χ0v) is 11.5. The normalized spacial score (nSPS) is 18.7. The molecule has 0 unspecified atom stereocenters. The molecule has 1 aliphatic heterocycles. The maximum atomic E-state index is 12.4. The van der Waals surface area contributed by atoms with Crippen molar-refractivity contribution >= 4 is 16.0 Å². The molecule has 1 aliphatic rings. The number of β-amino-alcohol motifs (C(OH)–C–C–N with tert-alkyl or cyclic N) is 1. The minimum atomic E-state index is -3.79. The highest BCUT2D eigenvalue weighted by Crippen LogP contribution is 2.29. The number of nitrogens with zero attached hydrogens (tertiary/aromatic N) is 1. The third kappa shape index (κ3) is 2.49. The molecule has 7 heteroatoms. The van der Waals surface area contributed by atoms with Gasteiger partial charge in [-0.1, -0.05) is 12.1 Å². The summed E-state index contributed by atoms with van der Waals surface area (Å²) in [6.45, 7) is 1.60. The van der Waals surface area contributed by atoms with E-state index in [1.807, 2.05) is 0 Å². The summed E-state index contributed by atoms with van der Waals surface area (Å²) in [6, 6.07) is 5.86. The van der Waals surface area contributed by atoms with Crippen LogP contribution in [0.15, 0.2) is 29.2 Å². The Morgan fingerprint density at radius 3 is 2.47 bits per heavy atom. The van der Waals surface area contributed by atoms with Crippen molar-refractivity contribution in [1.82, 2.24) is 4.31 Å². The summed E-state index contributed by atoms with van der Waals surface area (Å²) < 4.78 is 30.4. The highest BCUT2D eigenvalue weighted by Gasteiger charge is 2.44. The number of hydrogen-bond acceptors (Lipinski definition) is 5. The SMILES string of the molecule is COC(=O)c1ccccc1S(=O)(=O)N1CC(C)(O)C1. The number of carbonyl (C=O) groups excluding carboxylic acids is 1. The summed E-state index contributed by atoms with van der Waals surface area (Å²) in [5.74, 6) is -0.702. The molecule has 0 amide bonds. The Labute approximate surface area is 111 Å². The van der Waals surface area contributed by atoms with E-state index in [1.165, 1.54) is 25.3 Å². The molecule has 6 nitrogen and oxygen atoms in total. The molecule has 0 saturated carbocycles. The minimum Gasteiger partial charge on any atom is -0.465 e. The molecule has 1 fully saturated rings. The molecule has 1 N–H and O–H groups in total. The van der Waals surface area contributed by atoms with E-state index in [9.17, 15) is 18.3 Å². The number of hydrogen-bond donors (Lipinski definition) is 1. The molecule has 0 aromatic heterocycles. The molecule has 1 aromatic rings. The van der Waals surface area contributed by atoms with Crippen LogP contribution in [-0.4, -0.2) is 49.6 Å². The monoisotopic (exact) mass is 285 g/mol. The van der Waals surface area contributed by atoms with Crippen LogP contribution in [0.4, 0.5) is 0 Å². The number of esters is 1. The predicted octanol–water partition coefficient (Wildman–Crippen LogP) is 0.228. The van der Waals surface area contributed by atoms with Gasteiger partial charge in [0.1, 0.15) is 0 Å². The topological polar surface area (TPSA) is 83.9 Å². The third-order valence-corrected chi connectivity index (χ3v) is 4.79. The lowest BCUT2D eigenvalue weighted by Crippen LogP contribution is -2.61. The van der Waals surface area contributed by atoms with Crippen molar-refractivity contribution in [3.05, 3.63) is 29.8 Å². The second-order valence-corrected chi connectivity index (χ2v) is 6.66. The second kappa shape index (κ2) is 4.59. The van der Waals surface area contributed by atoms with E-state index in [0.717, 1.165) is 4.31 Å². The van der Waals surface area contributed by atoms with Gasteiger partial charge in [0.2, 0.25) is 10.0 Å². The van der Waals surface area contributed by atoms with Gasteiger partial charge in [-0.15, -0.1) is 0 Å². The van der Waals surface area contributed by atoms with Gasteiger partial charge < -0.3 is 9.84 Å². The van der Waals surface area contributed by atoms with Crippen molar-refractivity contribution in [2.45, 2.75) is 17.4 Å². The van der Waals surface area contributed by atoms with Gasteiger partial charge in [0.25, 0.3) is 0 Å². The molecular formula is C12H15NO5S. The Morgan fingerprint density at radius 1 is 1.37 bits per heavy atom. The standard InChI is InChI=1S/C12H15NO5S/c1-12(15)7-13(8-12)19(16,17)10-6-4-3-5-9(10)11(14)18-2/h3-6,15H,7-8H2,1-2H3. The van der Waals surface area contributed by atoms with Crippen molar-refractivity contribution in [2.75, 3.05) is 20.2 Å². The smallest absolute Gasteiger partial charge is 0.339 e. The van der Waals surface area contributed by atoms with Crippen LogP contribution in [0.25, 0.3) is 0 Å². The summed E-state index contributed by atoms with van der Waals surface area (Å²) in [5, 5.41) is 9.62. The van der Waals surface area contributed by atoms with Gasteiger partial charge in [0, 0.05) is 13.1 Å². The van der Waals surface area contributed by atoms with E-state index < -0.39 is 21.6 Å². The van der Waals surface area contributed by atoms with Gasteiger partial charge in [0.05, 0.1) is 23.2 Å². The highest BCUT2D eigenvalue weighted by atomic mass is 32.2. The molecule has 0 spiro atoms. The Hall–Kier alpha value is -1.44. The number of benzene rings is 1. The van der Waals surface area contributed by atoms with Gasteiger partial charge in [-0.2, -0.15) is 4.31 Å². The van der Waals surface area contributed by atoms with Gasteiger partial charge in [-0.05, 0) is 19.1 Å². The number of aliphatic hydroxyl groups is 1. The van der Waals surface area contributed by atoms with Crippen LogP contribution in [0.5, 0.6) is 0 Å². The van der Waals surface area contributed by atoms with Crippen LogP contribution >= 0.6 is 0 Å². The van der Waals surface area contributed by atoms with Crippen molar-refractivity contribution in [3.8, 4) is 0 Å². The first-order chi connectivity index (χ1) is 8.78. The molecule has 0 aliphatic carbocycles. The van der Waals surface area contributed by atoms with Crippen LogP contribution in [0, 0.1) is 0 Å². The van der Waals surface area contributed by atoms with Crippen molar-refractivity contribution in [1.29, 1.82) is 0 Å².